The van der Waals surface area contributed by atoms with Gasteiger partial charge in [0.15, 0.2) is 35.4 Å². The SMILES string of the molecule is COc1ccc(C[NH+](C)CC(=O)Nc2cc3c(cc2C(C)=O)OCO3)cc1F. The molecule has 2 N–H and O–H groups in total. The number of carbonyl (C=O) groups is 2. The lowest BCUT2D eigenvalue weighted by Crippen LogP contribution is -3.08. The summed E-state index contributed by atoms with van der Waals surface area (Å²) in [7, 11) is 3.23. The zero-order valence-corrected chi connectivity index (χ0v) is 15.9. The second-order valence-corrected chi connectivity index (χ2v) is 6.63. The third-order valence-corrected chi connectivity index (χ3v) is 4.35. The Labute approximate surface area is 162 Å². The molecule has 0 saturated carbocycles. The first-order chi connectivity index (χ1) is 13.4. The van der Waals surface area contributed by atoms with Gasteiger partial charge in [0, 0.05) is 17.2 Å². The Kier molecular flexibility index (Phi) is 5.79. The van der Waals surface area contributed by atoms with E-state index in [0.717, 1.165) is 10.5 Å². The number of rotatable bonds is 7. The maximum absolute atomic E-state index is 13.8. The number of ether oxygens (including phenoxy) is 3. The Morgan fingerprint density at radius 1 is 1.21 bits per heavy atom. The highest BCUT2D eigenvalue weighted by Gasteiger charge is 2.21. The lowest BCUT2D eigenvalue weighted by atomic mass is 10.1. The quantitative estimate of drug-likeness (QED) is 0.701. The third-order valence-electron chi connectivity index (χ3n) is 4.35. The van der Waals surface area contributed by atoms with E-state index >= 15 is 0 Å². The van der Waals surface area contributed by atoms with Gasteiger partial charge in [-0.05, 0) is 31.2 Å². The molecule has 1 aliphatic rings. The normalized spacial score (nSPS) is 13.1. The molecule has 1 amide bonds. The van der Waals surface area contributed by atoms with Gasteiger partial charge >= 0.3 is 0 Å². The van der Waals surface area contributed by atoms with Crippen molar-refractivity contribution < 1.29 is 33.1 Å². The fourth-order valence-electron chi connectivity index (χ4n) is 3.04. The van der Waals surface area contributed by atoms with E-state index in [9.17, 15) is 14.0 Å². The van der Waals surface area contributed by atoms with Crippen molar-refractivity contribution in [2.24, 2.45) is 0 Å². The van der Waals surface area contributed by atoms with Gasteiger partial charge < -0.3 is 24.4 Å². The van der Waals surface area contributed by atoms with Crippen LogP contribution in [0.25, 0.3) is 0 Å². The van der Waals surface area contributed by atoms with Crippen molar-refractivity contribution in [2.45, 2.75) is 13.5 Å². The van der Waals surface area contributed by atoms with E-state index in [4.69, 9.17) is 14.2 Å². The molecule has 1 unspecified atom stereocenters. The summed E-state index contributed by atoms with van der Waals surface area (Å²) in [5, 5.41) is 2.76. The molecule has 28 heavy (non-hydrogen) atoms. The Balaban J connectivity index is 1.65. The van der Waals surface area contributed by atoms with E-state index in [-0.39, 0.29) is 30.8 Å². The van der Waals surface area contributed by atoms with Gasteiger partial charge in [-0.2, -0.15) is 0 Å². The predicted molar refractivity (Wildman–Crippen MR) is 99.6 cm³/mol. The number of anilines is 1. The van der Waals surface area contributed by atoms with Crippen LogP contribution in [0.2, 0.25) is 0 Å². The van der Waals surface area contributed by atoms with Crippen molar-refractivity contribution >= 4 is 17.4 Å². The molecule has 7 nitrogen and oxygen atoms in total. The van der Waals surface area contributed by atoms with Gasteiger partial charge in [0.1, 0.15) is 6.54 Å². The molecule has 0 radical (unpaired) electrons. The molecule has 8 heteroatoms. The number of nitrogens with one attached hydrogen (secondary N) is 2. The van der Waals surface area contributed by atoms with Crippen LogP contribution in [0.1, 0.15) is 22.8 Å². The minimum absolute atomic E-state index is 0.0788. The minimum atomic E-state index is -0.441. The Morgan fingerprint density at radius 2 is 1.93 bits per heavy atom. The topological polar surface area (TPSA) is 78.3 Å². The number of hydrogen-bond acceptors (Lipinski definition) is 5. The molecule has 2 aromatic carbocycles. The number of hydrogen-bond donors (Lipinski definition) is 2. The van der Waals surface area contributed by atoms with Crippen molar-refractivity contribution in [2.75, 3.05) is 32.8 Å². The number of carbonyl (C=O) groups excluding carboxylic acids is 2. The van der Waals surface area contributed by atoms with Gasteiger partial charge in [-0.15, -0.1) is 0 Å². The van der Waals surface area contributed by atoms with Crippen LogP contribution in [0.5, 0.6) is 17.2 Å². The predicted octanol–water partition coefficient (Wildman–Crippen LogP) is 1.42. The smallest absolute Gasteiger partial charge is 0.279 e. The summed E-state index contributed by atoms with van der Waals surface area (Å²) in [6, 6.07) is 7.87. The first kappa shape index (κ1) is 19.6. The monoisotopic (exact) mass is 389 g/mol. The second-order valence-electron chi connectivity index (χ2n) is 6.63. The van der Waals surface area contributed by atoms with Crippen LogP contribution in [0.3, 0.4) is 0 Å². The molecule has 2 aromatic rings. The fourth-order valence-corrected chi connectivity index (χ4v) is 3.04. The number of Topliss-reactive ketones (excluding diaryl/α,β-unsaturated/α-hetero) is 1. The van der Waals surface area contributed by atoms with Crippen LogP contribution in [0, 0.1) is 5.82 Å². The Hall–Kier alpha value is -3.13. The number of fused-ring (bicyclic) bond motifs is 1. The first-order valence-corrected chi connectivity index (χ1v) is 8.75. The van der Waals surface area contributed by atoms with Crippen LogP contribution in [-0.4, -0.2) is 39.2 Å². The van der Waals surface area contributed by atoms with E-state index in [0.29, 0.717) is 29.3 Å². The van der Waals surface area contributed by atoms with Gasteiger partial charge in [-0.3, -0.25) is 9.59 Å². The van der Waals surface area contributed by atoms with E-state index in [1.165, 1.54) is 20.1 Å². The number of ketones is 1. The van der Waals surface area contributed by atoms with Crippen molar-refractivity contribution in [1.29, 1.82) is 0 Å². The van der Waals surface area contributed by atoms with Gasteiger partial charge in [0.2, 0.25) is 6.79 Å². The molecule has 1 aliphatic heterocycles. The molecule has 148 valence electrons. The van der Waals surface area contributed by atoms with Crippen LogP contribution >= 0.6 is 0 Å². The van der Waals surface area contributed by atoms with Crippen LogP contribution in [-0.2, 0) is 11.3 Å². The third kappa shape index (κ3) is 4.40. The zero-order valence-electron chi connectivity index (χ0n) is 15.9. The molecule has 0 fully saturated rings. The maximum atomic E-state index is 13.8. The van der Waals surface area contributed by atoms with Gasteiger partial charge in [-0.25, -0.2) is 4.39 Å². The highest BCUT2D eigenvalue weighted by atomic mass is 19.1. The Bertz CT molecular complexity index is 916. The van der Waals surface area contributed by atoms with E-state index in [1.54, 1.807) is 24.3 Å². The molecule has 0 aromatic heterocycles. The number of halogens is 1. The van der Waals surface area contributed by atoms with Gasteiger partial charge in [0.25, 0.3) is 5.91 Å². The van der Waals surface area contributed by atoms with Crippen molar-refractivity contribution in [3.8, 4) is 17.2 Å². The number of methoxy groups -OCH3 is 1. The number of likely N-dealkylation sites (N-methyl/N-ethyl adjacent to an activating group) is 1. The van der Waals surface area contributed by atoms with Crippen LogP contribution in [0.4, 0.5) is 10.1 Å². The lowest BCUT2D eigenvalue weighted by molar-refractivity contribution is -0.885. The summed E-state index contributed by atoms with van der Waals surface area (Å²) in [6.07, 6.45) is 0. The zero-order chi connectivity index (χ0) is 20.3. The molecule has 0 saturated heterocycles. The number of amides is 1. The number of benzene rings is 2. The first-order valence-electron chi connectivity index (χ1n) is 8.75. The molecular weight excluding hydrogens is 367 g/mol. The van der Waals surface area contributed by atoms with E-state index in [2.05, 4.69) is 5.32 Å². The summed E-state index contributed by atoms with van der Waals surface area (Å²) in [6.45, 7) is 2.09. The van der Waals surface area contributed by atoms with Crippen LogP contribution < -0.4 is 24.4 Å². The summed E-state index contributed by atoms with van der Waals surface area (Å²) < 4.78 is 29.3. The summed E-state index contributed by atoms with van der Waals surface area (Å²) in [4.78, 5) is 25.2. The lowest BCUT2D eigenvalue weighted by Gasteiger charge is -2.15. The largest absolute Gasteiger partial charge is 0.494 e. The maximum Gasteiger partial charge on any atom is 0.279 e. The molecule has 0 spiro atoms. The summed E-state index contributed by atoms with van der Waals surface area (Å²) >= 11 is 0. The highest BCUT2D eigenvalue weighted by molar-refractivity contribution is 6.04. The highest BCUT2D eigenvalue weighted by Crippen LogP contribution is 2.37. The molecule has 1 atom stereocenters. The van der Waals surface area contributed by atoms with Gasteiger partial charge in [0.05, 0.1) is 19.8 Å². The van der Waals surface area contributed by atoms with E-state index in [1.807, 2.05) is 7.05 Å². The van der Waals surface area contributed by atoms with Crippen molar-refractivity contribution in [3.05, 3.63) is 47.3 Å². The molecular formula is C20H22FN2O5+. The van der Waals surface area contributed by atoms with Crippen molar-refractivity contribution in [3.63, 3.8) is 0 Å². The Morgan fingerprint density at radius 3 is 2.57 bits per heavy atom. The number of quaternary nitrogens is 1. The van der Waals surface area contributed by atoms with Crippen molar-refractivity contribution in [1.82, 2.24) is 0 Å². The van der Waals surface area contributed by atoms with Gasteiger partial charge in [-0.1, -0.05) is 0 Å². The van der Waals surface area contributed by atoms with Crippen LogP contribution in [0.15, 0.2) is 30.3 Å². The van der Waals surface area contributed by atoms with E-state index < -0.39 is 5.82 Å². The molecule has 1 heterocycles. The summed E-state index contributed by atoms with van der Waals surface area (Å²) in [5.41, 5.74) is 1.48. The molecule has 3 rings (SSSR count). The average molecular weight is 389 g/mol. The molecule has 0 bridgehead atoms. The second kappa shape index (κ2) is 8.26. The summed E-state index contributed by atoms with van der Waals surface area (Å²) in [5.74, 6) is 0.237. The average Bonchev–Trinajstić information content (AvgIpc) is 3.08. The standard InChI is InChI=1S/C20H21FN2O5/c1-12(24)14-7-18-19(28-11-27-18)8-16(14)22-20(25)10-23(2)9-13-4-5-17(26-3)15(21)6-13/h4-8H,9-11H2,1-3H3,(H,22,25)/p+1. The minimum Gasteiger partial charge on any atom is -0.494 e. The molecule has 0 aliphatic carbocycles. The fraction of sp³-hybridized carbons (Fsp3) is 0.300.